The van der Waals surface area contributed by atoms with Crippen LogP contribution in [0.2, 0.25) is 0 Å². The van der Waals surface area contributed by atoms with Crippen molar-refractivity contribution in [1.82, 2.24) is 15.0 Å². The fourth-order valence-electron chi connectivity index (χ4n) is 3.91. The van der Waals surface area contributed by atoms with Gasteiger partial charge in [-0.15, -0.1) is 0 Å². The summed E-state index contributed by atoms with van der Waals surface area (Å²) >= 11 is 0. The summed E-state index contributed by atoms with van der Waals surface area (Å²) in [5.74, 6) is 2.79. The van der Waals surface area contributed by atoms with Gasteiger partial charge in [0.05, 0.1) is 12.8 Å². The highest BCUT2D eigenvalue weighted by Gasteiger charge is 2.20. The Hall–Kier alpha value is -2.90. The smallest absolute Gasteiger partial charge is 0.250 e. The van der Waals surface area contributed by atoms with Gasteiger partial charge in [-0.25, -0.2) is 5.43 Å². The maximum absolute atomic E-state index is 5.66. The Morgan fingerprint density at radius 2 is 1.50 bits per heavy atom. The highest BCUT2D eigenvalue weighted by atomic mass is 16.5. The van der Waals surface area contributed by atoms with Crippen molar-refractivity contribution in [3.8, 4) is 5.75 Å². The first-order valence-corrected chi connectivity index (χ1v) is 11.1. The molecule has 0 saturated carbocycles. The van der Waals surface area contributed by atoms with Gasteiger partial charge in [0.1, 0.15) is 5.75 Å². The normalized spacial score (nSPS) is 17.4. The molecule has 160 valence electrons. The van der Waals surface area contributed by atoms with Crippen LogP contribution in [0.3, 0.4) is 0 Å². The Morgan fingerprint density at radius 3 is 2.10 bits per heavy atom. The molecule has 2 fully saturated rings. The maximum Gasteiger partial charge on any atom is 0.250 e. The average molecular weight is 410 g/mol. The summed E-state index contributed by atoms with van der Waals surface area (Å²) in [5.41, 5.74) is 3.93. The molecule has 30 heavy (non-hydrogen) atoms. The fraction of sp³-hybridized carbons (Fsp3) is 0.545. The van der Waals surface area contributed by atoms with Crippen molar-refractivity contribution in [2.24, 2.45) is 5.10 Å². The number of rotatable bonds is 7. The first kappa shape index (κ1) is 20.4. The van der Waals surface area contributed by atoms with Crippen molar-refractivity contribution >= 4 is 24.1 Å². The number of hydrazone groups is 1. The van der Waals surface area contributed by atoms with E-state index in [1.807, 2.05) is 31.2 Å². The van der Waals surface area contributed by atoms with Crippen LogP contribution in [0, 0.1) is 0 Å². The standard InChI is InChI=1S/C22H31N7O/c1-2-30-19-12-6-5-11-18(19)17-23-27-20-24-21(28-13-7-3-8-14-28)26-22(25-20)29-15-9-4-10-16-29/h5-6,11-12,17H,2-4,7-10,13-16H2,1H3,(H,24,25,26,27)/b23-17-. The number of piperidine rings is 2. The largest absolute Gasteiger partial charge is 0.493 e. The van der Waals surface area contributed by atoms with E-state index in [0.29, 0.717) is 12.6 Å². The molecule has 0 amide bonds. The summed E-state index contributed by atoms with van der Waals surface area (Å²) in [6.07, 6.45) is 9.01. The van der Waals surface area contributed by atoms with Crippen LogP contribution in [-0.4, -0.2) is 54.0 Å². The Morgan fingerprint density at radius 1 is 0.900 bits per heavy atom. The predicted octanol–water partition coefficient (Wildman–Crippen LogP) is 3.70. The lowest BCUT2D eigenvalue weighted by atomic mass is 10.1. The molecule has 4 rings (SSSR count). The molecule has 0 spiro atoms. The third kappa shape index (κ3) is 5.17. The van der Waals surface area contributed by atoms with Gasteiger partial charge in [-0.05, 0) is 57.6 Å². The Bertz CT molecular complexity index is 809. The molecule has 2 aliphatic rings. The number of hydrogen-bond acceptors (Lipinski definition) is 8. The molecule has 0 radical (unpaired) electrons. The average Bonchev–Trinajstić information content (AvgIpc) is 2.81. The van der Waals surface area contributed by atoms with Gasteiger partial charge in [-0.1, -0.05) is 12.1 Å². The molecule has 3 heterocycles. The molecule has 2 aliphatic heterocycles. The molecule has 2 aromatic rings. The van der Waals surface area contributed by atoms with Crippen molar-refractivity contribution in [3.63, 3.8) is 0 Å². The van der Waals surface area contributed by atoms with Crippen LogP contribution < -0.4 is 20.0 Å². The van der Waals surface area contributed by atoms with Crippen LogP contribution in [-0.2, 0) is 0 Å². The summed E-state index contributed by atoms with van der Waals surface area (Å²) < 4.78 is 5.66. The van der Waals surface area contributed by atoms with Gasteiger partial charge in [-0.3, -0.25) is 0 Å². The van der Waals surface area contributed by atoms with Crippen molar-refractivity contribution in [3.05, 3.63) is 29.8 Å². The summed E-state index contributed by atoms with van der Waals surface area (Å²) in [6, 6.07) is 7.84. The van der Waals surface area contributed by atoms with E-state index in [2.05, 4.69) is 30.3 Å². The highest BCUT2D eigenvalue weighted by molar-refractivity contribution is 5.83. The summed E-state index contributed by atoms with van der Waals surface area (Å²) in [5, 5.41) is 4.38. The number of para-hydroxylation sites is 1. The van der Waals surface area contributed by atoms with Gasteiger partial charge in [0.2, 0.25) is 17.8 Å². The minimum atomic E-state index is 0.483. The number of hydrogen-bond donors (Lipinski definition) is 1. The van der Waals surface area contributed by atoms with E-state index in [4.69, 9.17) is 9.72 Å². The van der Waals surface area contributed by atoms with Gasteiger partial charge >= 0.3 is 0 Å². The number of ether oxygens (including phenoxy) is 1. The lowest BCUT2D eigenvalue weighted by Crippen LogP contribution is -2.34. The van der Waals surface area contributed by atoms with Crippen LogP contribution in [0.15, 0.2) is 29.4 Å². The van der Waals surface area contributed by atoms with Gasteiger partial charge < -0.3 is 14.5 Å². The predicted molar refractivity (Wildman–Crippen MR) is 121 cm³/mol. The number of anilines is 3. The topological polar surface area (TPSA) is 78.8 Å². The Balaban J connectivity index is 1.55. The first-order chi connectivity index (χ1) is 14.8. The van der Waals surface area contributed by atoms with E-state index in [0.717, 1.165) is 49.4 Å². The number of nitrogens with zero attached hydrogens (tertiary/aromatic N) is 6. The summed E-state index contributed by atoms with van der Waals surface area (Å²) in [4.78, 5) is 18.7. The lowest BCUT2D eigenvalue weighted by molar-refractivity contribution is 0.340. The van der Waals surface area contributed by atoms with E-state index in [1.165, 1.54) is 38.5 Å². The third-order valence-corrected chi connectivity index (χ3v) is 5.48. The van der Waals surface area contributed by atoms with E-state index >= 15 is 0 Å². The van der Waals surface area contributed by atoms with Gasteiger partial charge in [0, 0.05) is 31.7 Å². The molecular formula is C22H31N7O. The quantitative estimate of drug-likeness (QED) is 0.552. The second-order valence-corrected chi connectivity index (χ2v) is 7.70. The highest BCUT2D eigenvalue weighted by Crippen LogP contribution is 2.22. The zero-order valence-corrected chi connectivity index (χ0v) is 17.8. The van der Waals surface area contributed by atoms with Crippen LogP contribution in [0.1, 0.15) is 51.0 Å². The molecule has 0 unspecified atom stereocenters. The maximum atomic E-state index is 5.66. The van der Waals surface area contributed by atoms with E-state index in [-0.39, 0.29) is 0 Å². The zero-order valence-electron chi connectivity index (χ0n) is 17.8. The molecule has 2 saturated heterocycles. The minimum absolute atomic E-state index is 0.483. The van der Waals surface area contributed by atoms with E-state index in [1.54, 1.807) is 6.21 Å². The van der Waals surface area contributed by atoms with E-state index in [9.17, 15) is 0 Å². The van der Waals surface area contributed by atoms with Gasteiger partial charge in [0.15, 0.2) is 0 Å². The number of aromatic nitrogens is 3. The fourth-order valence-corrected chi connectivity index (χ4v) is 3.91. The molecule has 1 N–H and O–H groups in total. The third-order valence-electron chi connectivity index (χ3n) is 5.48. The molecule has 8 heteroatoms. The summed E-state index contributed by atoms with van der Waals surface area (Å²) in [7, 11) is 0. The molecular weight excluding hydrogens is 378 g/mol. The molecule has 1 aromatic heterocycles. The molecule has 8 nitrogen and oxygen atoms in total. The minimum Gasteiger partial charge on any atom is -0.493 e. The molecule has 0 aliphatic carbocycles. The van der Waals surface area contributed by atoms with Crippen molar-refractivity contribution in [1.29, 1.82) is 0 Å². The van der Waals surface area contributed by atoms with Crippen molar-refractivity contribution in [2.75, 3.05) is 48.0 Å². The lowest BCUT2D eigenvalue weighted by Gasteiger charge is -2.30. The van der Waals surface area contributed by atoms with Gasteiger partial charge in [0.25, 0.3) is 0 Å². The van der Waals surface area contributed by atoms with Crippen LogP contribution >= 0.6 is 0 Å². The summed E-state index contributed by atoms with van der Waals surface area (Å²) in [6.45, 7) is 6.56. The molecule has 0 atom stereocenters. The molecule has 0 bridgehead atoms. The second kappa shape index (κ2) is 10.2. The Labute approximate surface area is 178 Å². The van der Waals surface area contributed by atoms with Crippen LogP contribution in [0.25, 0.3) is 0 Å². The second-order valence-electron chi connectivity index (χ2n) is 7.70. The van der Waals surface area contributed by atoms with Crippen molar-refractivity contribution < 1.29 is 4.74 Å². The zero-order chi connectivity index (χ0) is 20.6. The van der Waals surface area contributed by atoms with Crippen LogP contribution in [0.5, 0.6) is 5.75 Å². The molecule has 1 aromatic carbocycles. The monoisotopic (exact) mass is 409 g/mol. The Kier molecular flexibility index (Phi) is 6.95. The number of benzene rings is 1. The van der Waals surface area contributed by atoms with Crippen molar-refractivity contribution in [2.45, 2.75) is 45.4 Å². The first-order valence-electron chi connectivity index (χ1n) is 11.1. The van der Waals surface area contributed by atoms with E-state index < -0.39 is 0 Å². The van der Waals surface area contributed by atoms with Gasteiger partial charge in [-0.2, -0.15) is 20.1 Å². The number of nitrogens with one attached hydrogen (secondary N) is 1. The SMILES string of the molecule is CCOc1ccccc1/C=N\Nc1nc(N2CCCCC2)nc(N2CCCCC2)n1. The van der Waals surface area contributed by atoms with Crippen LogP contribution in [0.4, 0.5) is 17.8 Å².